The van der Waals surface area contributed by atoms with E-state index in [1.165, 1.54) is 25.2 Å². The predicted molar refractivity (Wildman–Crippen MR) is 93.3 cm³/mol. The number of esters is 1. The van der Waals surface area contributed by atoms with Gasteiger partial charge < -0.3 is 10.9 Å². The zero-order chi connectivity index (χ0) is 20.2. The number of hydrogen-bond acceptors (Lipinski definition) is 8. The minimum absolute atomic E-state index is 0. The third kappa shape index (κ3) is 5.01. The van der Waals surface area contributed by atoms with Crippen LogP contribution < -0.4 is 44.7 Å². The number of amides is 1. The zero-order valence-corrected chi connectivity index (χ0v) is 18.6. The molecular formula is C15H19N4NaO7S. The van der Waals surface area contributed by atoms with Crippen LogP contribution >= 0.6 is 0 Å². The first-order chi connectivity index (χ1) is 12.7. The minimum Gasteiger partial charge on any atom is -1.00 e. The number of carbonyl (C=O) groups is 2. The summed E-state index contributed by atoms with van der Waals surface area (Å²) in [4.78, 5) is 35.6. The molecule has 0 unspecified atom stereocenters. The van der Waals surface area contributed by atoms with Crippen molar-refractivity contribution in [3.63, 3.8) is 0 Å². The van der Waals surface area contributed by atoms with Crippen molar-refractivity contribution < 1.29 is 58.5 Å². The molecule has 0 saturated carbocycles. The molecule has 0 bridgehead atoms. The second kappa shape index (κ2) is 9.87. The summed E-state index contributed by atoms with van der Waals surface area (Å²) in [6.07, 6.45) is 0.645. The molecule has 2 aromatic rings. The summed E-state index contributed by atoms with van der Waals surface area (Å²) >= 11 is 0. The molecule has 0 saturated heterocycles. The third-order valence-electron chi connectivity index (χ3n) is 3.37. The number of aromatic nitrogens is 3. The average Bonchev–Trinajstić information content (AvgIpc) is 2.93. The number of methoxy groups -OCH3 is 1. The zero-order valence-electron chi connectivity index (χ0n) is 16.8. The monoisotopic (exact) mass is 422 g/mol. The van der Waals surface area contributed by atoms with Crippen molar-refractivity contribution in [1.82, 2.24) is 19.1 Å². The van der Waals surface area contributed by atoms with Gasteiger partial charge in [-0.1, -0.05) is 19.1 Å². The Morgan fingerprint density at radius 1 is 1.29 bits per heavy atom. The fourth-order valence-corrected chi connectivity index (χ4v) is 3.19. The topological polar surface area (TPSA) is 139 Å². The Bertz CT molecular complexity index is 1040. The molecule has 0 spiro atoms. The molecular weight excluding hydrogens is 403 g/mol. The summed E-state index contributed by atoms with van der Waals surface area (Å²) in [6, 6.07) is 3.71. The second-order valence-corrected chi connectivity index (χ2v) is 6.93. The maximum atomic E-state index is 12.5. The molecule has 0 aliphatic rings. The van der Waals surface area contributed by atoms with E-state index in [2.05, 4.69) is 9.84 Å². The Balaban J connectivity index is 0.00000392. The van der Waals surface area contributed by atoms with E-state index in [0.717, 1.165) is 17.7 Å². The van der Waals surface area contributed by atoms with E-state index in [4.69, 9.17) is 4.74 Å². The summed E-state index contributed by atoms with van der Waals surface area (Å²) in [7, 11) is -2.06. The summed E-state index contributed by atoms with van der Waals surface area (Å²) < 4.78 is 37.8. The SMILES string of the molecule is CCCOc1nn(C(=O)NS(=O)(=O)c2ccccc2C(=O)OC)c(=O)n1C.[H-].[Na+]. The predicted octanol–water partition coefficient (Wildman–Crippen LogP) is -2.78. The first-order valence-corrected chi connectivity index (χ1v) is 9.24. The van der Waals surface area contributed by atoms with Crippen molar-refractivity contribution in [1.29, 1.82) is 0 Å². The third-order valence-corrected chi connectivity index (χ3v) is 4.75. The molecule has 11 nitrogen and oxygen atoms in total. The van der Waals surface area contributed by atoms with Gasteiger partial charge in [0.25, 0.3) is 10.0 Å². The van der Waals surface area contributed by atoms with Gasteiger partial charge in [0, 0.05) is 7.05 Å². The average molecular weight is 422 g/mol. The van der Waals surface area contributed by atoms with E-state index in [0.29, 0.717) is 11.1 Å². The van der Waals surface area contributed by atoms with Crippen molar-refractivity contribution in [3.8, 4) is 6.01 Å². The first-order valence-electron chi connectivity index (χ1n) is 7.76. The largest absolute Gasteiger partial charge is 1.00 e. The molecule has 148 valence electrons. The number of nitrogens with zero attached hydrogens (tertiary/aromatic N) is 3. The smallest absolute Gasteiger partial charge is 1.00 e. The molecule has 0 atom stereocenters. The van der Waals surface area contributed by atoms with Crippen LogP contribution in [0.15, 0.2) is 34.0 Å². The minimum atomic E-state index is -4.48. The van der Waals surface area contributed by atoms with Crippen LogP contribution in [0.25, 0.3) is 0 Å². The Morgan fingerprint density at radius 3 is 2.54 bits per heavy atom. The molecule has 1 heterocycles. The number of ether oxygens (including phenoxy) is 2. The van der Waals surface area contributed by atoms with E-state index in [1.807, 2.05) is 6.92 Å². The van der Waals surface area contributed by atoms with Gasteiger partial charge in [0.05, 0.1) is 19.3 Å². The van der Waals surface area contributed by atoms with Gasteiger partial charge in [-0.2, -0.15) is 0 Å². The molecule has 2 rings (SSSR count). The van der Waals surface area contributed by atoms with Crippen LogP contribution in [0.2, 0.25) is 0 Å². The number of hydrogen-bond donors (Lipinski definition) is 1. The normalized spacial score (nSPS) is 10.7. The number of nitrogens with one attached hydrogen (secondary N) is 1. The standard InChI is InChI=1S/C15H18N4O7S.Na.H/c1-4-9-26-14-16-19(15(22)18(14)2)13(21)17-27(23,24)11-8-6-5-7-10(11)12(20)25-3;;/h5-8H,4,9H2,1-3H3,(H,17,21);;/q;+1;-1. The van der Waals surface area contributed by atoms with Crippen LogP contribution in [0.5, 0.6) is 6.01 Å². The van der Waals surface area contributed by atoms with E-state index >= 15 is 0 Å². The van der Waals surface area contributed by atoms with E-state index in [9.17, 15) is 22.8 Å². The van der Waals surface area contributed by atoms with Gasteiger partial charge in [-0.15, -0.1) is 9.78 Å². The van der Waals surface area contributed by atoms with E-state index in [1.54, 1.807) is 4.72 Å². The van der Waals surface area contributed by atoms with Gasteiger partial charge in [-0.25, -0.2) is 32.1 Å². The van der Waals surface area contributed by atoms with Crippen LogP contribution in [0, 0.1) is 0 Å². The van der Waals surface area contributed by atoms with Crippen LogP contribution in [-0.4, -0.2) is 48.5 Å². The number of sulfonamides is 1. The molecule has 0 aliphatic heterocycles. The molecule has 0 fully saturated rings. The Hall–Kier alpha value is -2.15. The van der Waals surface area contributed by atoms with Gasteiger partial charge in [0.15, 0.2) is 0 Å². The second-order valence-electron chi connectivity index (χ2n) is 5.28. The summed E-state index contributed by atoms with van der Waals surface area (Å²) in [5, 5.41) is 3.68. The van der Waals surface area contributed by atoms with Gasteiger partial charge in [-0.05, 0) is 18.6 Å². The van der Waals surface area contributed by atoms with E-state index < -0.39 is 32.6 Å². The fraction of sp³-hybridized carbons (Fsp3) is 0.333. The van der Waals surface area contributed by atoms with Gasteiger partial charge in [0.2, 0.25) is 0 Å². The number of rotatable bonds is 6. The van der Waals surface area contributed by atoms with Crippen molar-refractivity contribution in [3.05, 3.63) is 40.3 Å². The quantitative estimate of drug-likeness (QED) is 0.390. The molecule has 0 radical (unpaired) electrons. The molecule has 1 N–H and O–H groups in total. The Labute approximate surface area is 184 Å². The fourth-order valence-electron chi connectivity index (χ4n) is 2.06. The number of carbonyl (C=O) groups excluding carboxylic acids is 2. The van der Waals surface area contributed by atoms with E-state index in [-0.39, 0.29) is 49.2 Å². The van der Waals surface area contributed by atoms with Gasteiger partial charge in [0.1, 0.15) is 4.90 Å². The maximum absolute atomic E-state index is 12.5. The van der Waals surface area contributed by atoms with Crippen LogP contribution in [0.1, 0.15) is 25.1 Å². The molecule has 1 aromatic carbocycles. The molecule has 1 aromatic heterocycles. The van der Waals surface area contributed by atoms with Crippen LogP contribution in [0.3, 0.4) is 0 Å². The van der Waals surface area contributed by atoms with Crippen molar-refractivity contribution in [2.75, 3.05) is 13.7 Å². The Morgan fingerprint density at radius 2 is 1.93 bits per heavy atom. The summed E-state index contributed by atoms with van der Waals surface area (Å²) in [5.41, 5.74) is -1.16. The van der Waals surface area contributed by atoms with Gasteiger partial charge >= 0.3 is 53.3 Å². The first kappa shape index (κ1) is 23.9. The maximum Gasteiger partial charge on any atom is 1.00 e. The summed E-state index contributed by atoms with van der Waals surface area (Å²) in [5.74, 6) is -0.895. The Kier molecular flexibility index (Phi) is 8.42. The van der Waals surface area contributed by atoms with Crippen LogP contribution in [-0.2, 0) is 21.8 Å². The van der Waals surface area contributed by atoms with Crippen molar-refractivity contribution in [2.45, 2.75) is 18.2 Å². The number of benzene rings is 1. The van der Waals surface area contributed by atoms with Crippen molar-refractivity contribution in [2.24, 2.45) is 7.05 Å². The van der Waals surface area contributed by atoms with Gasteiger partial charge in [-0.3, -0.25) is 0 Å². The molecule has 1 amide bonds. The molecule has 13 heteroatoms. The molecule has 28 heavy (non-hydrogen) atoms. The van der Waals surface area contributed by atoms with Crippen molar-refractivity contribution >= 4 is 22.0 Å². The van der Waals surface area contributed by atoms with Crippen LogP contribution in [0.4, 0.5) is 4.79 Å². The summed E-state index contributed by atoms with van der Waals surface area (Å²) in [6.45, 7) is 2.10. The molecule has 0 aliphatic carbocycles.